The number of hydrogen-bond donors (Lipinski definition) is 1. The van der Waals surface area contributed by atoms with Gasteiger partial charge < -0.3 is 33.9 Å². The topological polar surface area (TPSA) is 113 Å². The first-order valence-corrected chi connectivity index (χ1v) is 16.2. The van der Waals surface area contributed by atoms with Crippen molar-refractivity contribution >= 4 is 17.8 Å². The zero-order valence-corrected chi connectivity index (χ0v) is 28.0. The van der Waals surface area contributed by atoms with Gasteiger partial charge in [0, 0.05) is 31.1 Å². The number of likely N-dealkylation sites (tertiary alicyclic amines) is 1. The lowest BCUT2D eigenvalue weighted by Gasteiger charge is -2.51. The van der Waals surface area contributed by atoms with Crippen LogP contribution in [-0.2, 0) is 48.2 Å². The summed E-state index contributed by atoms with van der Waals surface area (Å²) in [6, 6.07) is 25.0. The SMILES string of the molecule is COC(=O)[C@]12C[C@H](CC(=O)NCc3ccccc3)C(=O)N(CCc3ccc(OC)c(OC)c3)C1=C[C@H](COCc1ccccc1)O[C@@H]2C. The largest absolute Gasteiger partial charge is 0.493 e. The highest BCUT2D eigenvalue weighted by Gasteiger charge is 2.59. The Morgan fingerprint density at radius 1 is 0.917 bits per heavy atom. The number of carbonyl (C=O) groups excluding carboxylic acids is 3. The Morgan fingerprint density at radius 3 is 2.27 bits per heavy atom. The van der Waals surface area contributed by atoms with Crippen molar-refractivity contribution in [3.63, 3.8) is 0 Å². The van der Waals surface area contributed by atoms with Crippen LogP contribution in [0.25, 0.3) is 0 Å². The number of ether oxygens (including phenoxy) is 5. The van der Waals surface area contributed by atoms with Crippen LogP contribution in [0.3, 0.4) is 0 Å². The summed E-state index contributed by atoms with van der Waals surface area (Å²) in [6.07, 6.45) is 1.09. The number of fused-ring (bicyclic) bond motifs is 1. The van der Waals surface area contributed by atoms with Gasteiger partial charge in [-0.1, -0.05) is 66.7 Å². The van der Waals surface area contributed by atoms with E-state index >= 15 is 0 Å². The molecule has 2 heterocycles. The fourth-order valence-electron chi connectivity index (χ4n) is 6.62. The molecule has 2 amide bonds. The second-order valence-corrected chi connectivity index (χ2v) is 12.1. The van der Waals surface area contributed by atoms with E-state index in [-0.39, 0.29) is 37.8 Å². The Kier molecular flexibility index (Phi) is 11.5. The highest BCUT2D eigenvalue weighted by molar-refractivity contribution is 5.92. The highest BCUT2D eigenvalue weighted by atomic mass is 16.6. The molecule has 254 valence electrons. The molecule has 1 fully saturated rings. The molecule has 5 rings (SSSR count). The van der Waals surface area contributed by atoms with Crippen LogP contribution in [0.4, 0.5) is 0 Å². The second-order valence-electron chi connectivity index (χ2n) is 12.1. The van der Waals surface area contributed by atoms with E-state index in [4.69, 9.17) is 23.7 Å². The van der Waals surface area contributed by atoms with Gasteiger partial charge in [0.1, 0.15) is 11.5 Å². The molecule has 10 heteroatoms. The average molecular weight is 657 g/mol. The Labute approximate surface area is 282 Å². The maximum Gasteiger partial charge on any atom is 0.320 e. The number of carbonyl (C=O) groups is 3. The molecular weight excluding hydrogens is 612 g/mol. The van der Waals surface area contributed by atoms with E-state index in [9.17, 15) is 14.4 Å². The Hall–Kier alpha value is -4.67. The van der Waals surface area contributed by atoms with E-state index in [0.29, 0.717) is 36.8 Å². The van der Waals surface area contributed by atoms with Gasteiger partial charge in [-0.3, -0.25) is 14.4 Å². The van der Waals surface area contributed by atoms with Crippen LogP contribution in [0, 0.1) is 11.3 Å². The third-order valence-electron chi connectivity index (χ3n) is 9.13. The van der Waals surface area contributed by atoms with Gasteiger partial charge in [-0.15, -0.1) is 0 Å². The molecule has 48 heavy (non-hydrogen) atoms. The number of esters is 1. The number of hydrogen-bond acceptors (Lipinski definition) is 8. The van der Waals surface area contributed by atoms with E-state index in [2.05, 4.69) is 5.32 Å². The van der Waals surface area contributed by atoms with Gasteiger partial charge in [-0.05, 0) is 54.7 Å². The first-order chi connectivity index (χ1) is 23.3. The van der Waals surface area contributed by atoms with Gasteiger partial charge in [0.15, 0.2) is 11.5 Å². The third kappa shape index (κ3) is 7.72. The van der Waals surface area contributed by atoms with Crippen LogP contribution in [0.1, 0.15) is 36.5 Å². The van der Waals surface area contributed by atoms with Gasteiger partial charge in [0.2, 0.25) is 11.8 Å². The van der Waals surface area contributed by atoms with Gasteiger partial charge >= 0.3 is 5.97 Å². The highest BCUT2D eigenvalue weighted by Crippen LogP contribution is 2.50. The standard InChI is InChI=1S/C38H44N2O8/c1-26-38(37(43)46-4)22-30(20-35(41)39-23-28-11-7-5-8-12-28)36(42)40(18-17-27-15-16-32(44-2)33(19-27)45-3)34(38)21-31(48-26)25-47-24-29-13-9-6-10-14-29/h5-16,19,21,26,30-31H,17-18,20,22-25H2,1-4H3,(H,39,41)/t26-,30+,31-,38+/m1/s1. The first kappa shape index (κ1) is 34.7. The molecule has 0 bridgehead atoms. The van der Waals surface area contributed by atoms with Crippen LogP contribution < -0.4 is 14.8 Å². The molecule has 1 saturated heterocycles. The molecule has 4 atom stereocenters. The monoisotopic (exact) mass is 656 g/mol. The molecule has 3 aromatic rings. The minimum Gasteiger partial charge on any atom is -0.493 e. The zero-order chi connectivity index (χ0) is 34.1. The van der Waals surface area contributed by atoms with Crippen molar-refractivity contribution in [2.75, 3.05) is 34.5 Å². The Morgan fingerprint density at radius 2 is 1.60 bits per heavy atom. The summed E-state index contributed by atoms with van der Waals surface area (Å²) in [6.45, 7) is 3.03. The van der Waals surface area contributed by atoms with Gasteiger partial charge in [-0.25, -0.2) is 0 Å². The Bertz CT molecular complexity index is 1590. The zero-order valence-electron chi connectivity index (χ0n) is 28.0. The molecule has 2 aliphatic heterocycles. The Balaban J connectivity index is 1.43. The first-order valence-electron chi connectivity index (χ1n) is 16.2. The maximum atomic E-state index is 14.3. The smallest absolute Gasteiger partial charge is 0.320 e. The summed E-state index contributed by atoms with van der Waals surface area (Å²) in [7, 11) is 4.48. The third-order valence-corrected chi connectivity index (χ3v) is 9.13. The molecule has 0 unspecified atom stereocenters. The normalized spacial score (nSPS) is 21.9. The van der Waals surface area contributed by atoms with E-state index in [0.717, 1.165) is 16.7 Å². The van der Waals surface area contributed by atoms with Crippen molar-refractivity contribution in [1.29, 1.82) is 0 Å². The van der Waals surface area contributed by atoms with Crippen molar-refractivity contribution < 1.29 is 38.1 Å². The minimum absolute atomic E-state index is 0.0781. The van der Waals surface area contributed by atoms with E-state index < -0.39 is 29.5 Å². The summed E-state index contributed by atoms with van der Waals surface area (Å²) >= 11 is 0. The molecule has 1 N–H and O–H groups in total. The predicted octanol–water partition coefficient (Wildman–Crippen LogP) is 4.85. The molecule has 0 aromatic heterocycles. The lowest BCUT2D eigenvalue weighted by molar-refractivity contribution is -0.178. The molecular formula is C38H44N2O8. The van der Waals surface area contributed by atoms with Crippen molar-refractivity contribution in [1.82, 2.24) is 10.2 Å². The molecule has 0 aliphatic carbocycles. The van der Waals surface area contributed by atoms with Crippen molar-refractivity contribution in [2.24, 2.45) is 11.3 Å². The van der Waals surface area contributed by atoms with Crippen molar-refractivity contribution in [3.8, 4) is 11.5 Å². The molecule has 3 aromatic carbocycles. The van der Waals surface area contributed by atoms with E-state index in [1.165, 1.54) is 7.11 Å². The molecule has 2 aliphatic rings. The molecule has 0 saturated carbocycles. The van der Waals surface area contributed by atoms with Crippen LogP contribution in [-0.4, -0.2) is 69.4 Å². The maximum absolute atomic E-state index is 14.3. The summed E-state index contributed by atoms with van der Waals surface area (Å²) in [5.41, 5.74) is 2.10. The molecule has 0 spiro atoms. The average Bonchev–Trinajstić information content (AvgIpc) is 3.11. The predicted molar refractivity (Wildman–Crippen MR) is 179 cm³/mol. The summed E-state index contributed by atoms with van der Waals surface area (Å²) in [5, 5.41) is 2.93. The van der Waals surface area contributed by atoms with Gasteiger partial charge in [-0.2, -0.15) is 0 Å². The van der Waals surface area contributed by atoms with Crippen LogP contribution in [0.15, 0.2) is 90.6 Å². The quantitative estimate of drug-likeness (QED) is 0.245. The number of nitrogens with one attached hydrogen (secondary N) is 1. The number of benzene rings is 3. The summed E-state index contributed by atoms with van der Waals surface area (Å²) in [4.78, 5) is 43.0. The van der Waals surface area contributed by atoms with Crippen molar-refractivity contribution in [2.45, 2.75) is 51.5 Å². The van der Waals surface area contributed by atoms with Gasteiger partial charge in [0.05, 0.1) is 40.6 Å². The van der Waals surface area contributed by atoms with E-state index in [1.54, 1.807) is 19.1 Å². The number of rotatable bonds is 14. The number of nitrogens with zero attached hydrogens (tertiary/aromatic N) is 1. The molecule has 0 radical (unpaired) electrons. The lowest BCUT2D eigenvalue weighted by Crippen LogP contribution is -2.60. The lowest BCUT2D eigenvalue weighted by atomic mass is 9.66. The second kappa shape index (κ2) is 16.0. The van der Waals surface area contributed by atoms with Crippen LogP contribution >= 0.6 is 0 Å². The fourth-order valence-corrected chi connectivity index (χ4v) is 6.62. The van der Waals surface area contributed by atoms with Crippen molar-refractivity contribution in [3.05, 3.63) is 107 Å². The number of methoxy groups -OCH3 is 3. The minimum atomic E-state index is -1.30. The van der Waals surface area contributed by atoms with E-state index in [1.807, 2.05) is 91.9 Å². The van der Waals surface area contributed by atoms with Crippen LogP contribution in [0.2, 0.25) is 0 Å². The fraction of sp³-hybridized carbons (Fsp3) is 0.395. The molecule has 10 nitrogen and oxygen atoms in total. The van der Waals surface area contributed by atoms with Crippen LogP contribution in [0.5, 0.6) is 11.5 Å². The number of amides is 2. The summed E-state index contributed by atoms with van der Waals surface area (Å²) in [5.74, 6) is -0.620. The van der Waals surface area contributed by atoms with Gasteiger partial charge in [0.25, 0.3) is 0 Å². The summed E-state index contributed by atoms with van der Waals surface area (Å²) < 4.78 is 28.7. The number of piperidine rings is 1.